The molecular formula is C10H16O2. The number of unbranched alkanes of at least 4 members (excludes halogenated alkanes) is 1. The van der Waals surface area contributed by atoms with E-state index in [1.807, 2.05) is 6.92 Å². The van der Waals surface area contributed by atoms with Crippen molar-refractivity contribution in [2.24, 2.45) is 0 Å². The van der Waals surface area contributed by atoms with Gasteiger partial charge < -0.3 is 4.74 Å². The van der Waals surface area contributed by atoms with Crippen LogP contribution in [0.3, 0.4) is 0 Å². The lowest BCUT2D eigenvalue weighted by atomic mass is 10.2. The monoisotopic (exact) mass is 168 g/mol. The summed E-state index contributed by atoms with van der Waals surface area (Å²) in [5.41, 5.74) is 0. The van der Waals surface area contributed by atoms with Crippen molar-refractivity contribution in [2.75, 3.05) is 0 Å². The second kappa shape index (κ2) is 6.72. The summed E-state index contributed by atoms with van der Waals surface area (Å²) >= 11 is 0. The van der Waals surface area contributed by atoms with Crippen molar-refractivity contribution in [1.82, 2.24) is 0 Å². The van der Waals surface area contributed by atoms with Crippen LogP contribution < -0.4 is 0 Å². The van der Waals surface area contributed by atoms with Gasteiger partial charge in [-0.05, 0) is 12.8 Å². The van der Waals surface area contributed by atoms with Gasteiger partial charge >= 0.3 is 5.97 Å². The number of carbonyl (C=O) groups excluding carboxylic acids is 1. The van der Waals surface area contributed by atoms with Gasteiger partial charge in [0.2, 0.25) is 0 Å². The van der Waals surface area contributed by atoms with Gasteiger partial charge in [0.1, 0.15) is 0 Å². The van der Waals surface area contributed by atoms with Crippen LogP contribution in [0.2, 0.25) is 0 Å². The Morgan fingerprint density at radius 1 is 1.50 bits per heavy atom. The van der Waals surface area contributed by atoms with Crippen LogP contribution >= 0.6 is 0 Å². The second-order valence-electron chi connectivity index (χ2n) is 2.58. The van der Waals surface area contributed by atoms with E-state index in [-0.39, 0.29) is 12.1 Å². The second-order valence-corrected chi connectivity index (χ2v) is 2.58. The third-order valence-electron chi connectivity index (χ3n) is 1.32. The minimum atomic E-state index is -0.257. The number of ether oxygens (including phenoxy) is 1. The first kappa shape index (κ1) is 11.0. The summed E-state index contributed by atoms with van der Waals surface area (Å²) < 4.78 is 4.93. The first-order valence-electron chi connectivity index (χ1n) is 4.36. The van der Waals surface area contributed by atoms with Gasteiger partial charge in [-0.15, -0.1) is 0 Å². The minimum absolute atomic E-state index is 0.214. The van der Waals surface area contributed by atoms with Crippen molar-refractivity contribution in [1.29, 1.82) is 0 Å². The van der Waals surface area contributed by atoms with Crippen LogP contribution in [0.5, 0.6) is 0 Å². The Bertz CT molecular complexity index is 186. The van der Waals surface area contributed by atoms with E-state index in [0.717, 1.165) is 19.3 Å². The van der Waals surface area contributed by atoms with E-state index in [0.29, 0.717) is 0 Å². The Morgan fingerprint density at radius 3 is 2.58 bits per heavy atom. The Hall–Kier alpha value is -0.970. The molecule has 0 aromatic carbocycles. The fourth-order valence-corrected chi connectivity index (χ4v) is 0.726. The first-order chi connectivity index (χ1) is 5.70. The number of carbonyl (C=O) groups is 1. The van der Waals surface area contributed by atoms with E-state index in [2.05, 4.69) is 18.8 Å². The molecule has 1 unspecified atom stereocenters. The molecule has 0 radical (unpaired) electrons. The molecule has 0 aliphatic heterocycles. The molecule has 0 saturated carbocycles. The number of hydrogen-bond acceptors (Lipinski definition) is 2. The highest BCUT2D eigenvalue weighted by Gasteiger charge is 2.03. The Balaban J connectivity index is 3.84. The van der Waals surface area contributed by atoms with Crippen molar-refractivity contribution in [3.05, 3.63) is 0 Å². The SMILES string of the molecule is CCCC#CC(CC)OC(C)=O. The molecule has 0 amide bonds. The molecule has 0 rings (SSSR count). The topological polar surface area (TPSA) is 26.3 Å². The third kappa shape index (κ3) is 5.79. The van der Waals surface area contributed by atoms with Crippen molar-refractivity contribution < 1.29 is 9.53 Å². The smallest absolute Gasteiger partial charge is 0.303 e. The standard InChI is InChI=1S/C10H16O2/c1-4-6-7-8-10(5-2)12-9(3)11/h10H,4-6H2,1-3H3. The first-order valence-corrected chi connectivity index (χ1v) is 4.36. The van der Waals surface area contributed by atoms with Gasteiger partial charge in [0.15, 0.2) is 6.10 Å². The van der Waals surface area contributed by atoms with E-state index >= 15 is 0 Å². The predicted molar refractivity (Wildman–Crippen MR) is 48.5 cm³/mol. The van der Waals surface area contributed by atoms with E-state index in [9.17, 15) is 4.79 Å². The lowest BCUT2D eigenvalue weighted by molar-refractivity contribution is -0.143. The van der Waals surface area contributed by atoms with Crippen LogP contribution in [0, 0.1) is 11.8 Å². The quantitative estimate of drug-likeness (QED) is 0.476. The van der Waals surface area contributed by atoms with E-state index in [4.69, 9.17) is 4.74 Å². The lowest BCUT2D eigenvalue weighted by Gasteiger charge is -2.06. The Morgan fingerprint density at radius 2 is 2.17 bits per heavy atom. The molecule has 0 bridgehead atoms. The summed E-state index contributed by atoms with van der Waals surface area (Å²) in [6, 6.07) is 0. The van der Waals surface area contributed by atoms with Crippen molar-refractivity contribution in [3.63, 3.8) is 0 Å². The molecule has 0 aliphatic carbocycles. The van der Waals surface area contributed by atoms with Gasteiger partial charge in [-0.25, -0.2) is 0 Å². The van der Waals surface area contributed by atoms with Crippen LogP contribution in [0.15, 0.2) is 0 Å². The molecule has 0 fully saturated rings. The van der Waals surface area contributed by atoms with Gasteiger partial charge in [0, 0.05) is 13.3 Å². The Labute approximate surface area is 74.3 Å². The van der Waals surface area contributed by atoms with Crippen LogP contribution in [0.25, 0.3) is 0 Å². The maximum atomic E-state index is 10.6. The molecule has 0 heterocycles. The van der Waals surface area contributed by atoms with Crippen LogP contribution in [0.1, 0.15) is 40.0 Å². The fourth-order valence-electron chi connectivity index (χ4n) is 0.726. The molecule has 0 saturated heterocycles. The summed E-state index contributed by atoms with van der Waals surface area (Å²) in [5, 5.41) is 0. The molecule has 2 heteroatoms. The van der Waals surface area contributed by atoms with Crippen molar-refractivity contribution in [3.8, 4) is 11.8 Å². The Kier molecular flexibility index (Phi) is 6.18. The van der Waals surface area contributed by atoms with Crippen LogP contribution in [-0.2, 0) is 9.53 Å². The van der Waals surface area contributed by atoms with E-state index in [1.165, 1.54) is 6.92 Å². The van der Waals surface area contributed by atoms with Crippen molar-refractivity contribution >= 4 is 5.97 Å². The minimum Gasteiger partial charge on any atom is -0.449 e. The van der Waals surface area contributed by atoms with Gasteiger partial charge in [0.05, 0.1) is 0 Å². The number of rotatable bonds is 3. The molecule has 68 valence electrons. The molecular weight excluding hydrogens is 152 g/mol. The maximum Gasteiger partial charge on any atom is 0.303 e. The summed E-state index contributed by atoms with van der Waals surface area (Å²) in [5.74, 6) is 5.62. The van der Waals surface area contributed by atoms with Crippen LogP contribution in [-0.4, -0.2) is 12.1 Å². The van der Waals surface area contributed by atoms with E-state index < -0.39 is 0 Å². The molecule has 0 aromatic heterocycles. The summed E-state index contributed by atoms with van der Waals surface area (Å²) in [7, 11) is 0. The lowest BCUT2D eigenvalue weighted by Crippen LogP contribution is -2.12. The highest BCUT2D eigenvalue weighted by Crippen LogP contribution is 1.96. The zero-order valence-corrected chi connectivity index (χ0v) is 8.02. The summed E-state index contributed by atoms with van der Waals surface area (Å²) in [6.45, 7) is 5.43. The van der Waals surface area contributed by atoms with Gasteiger partial charge in [0.25, 0.3) is 0 Å². The van der Waals surface area contributed by atoms with Gasteiger partial charge in [-0.1, -0.05) is 25.7 Å². The molecule has 0 N–H and O–H groups in total. The largest absolute Gasteiger partial charge is 0.449 e. The third-order valence-corrected chi connectivity index (χ3v) is 1.32. The summed E-state index contributed by atoms with van der Waals surface area (Å²) in [6.07, 6.45) is 2.46. The maximum absolute atomic E-state index is 10.6. The predicted octanol–water partition coefficient (Wildman–Crippen LogP) is 2.13. The highest BCUT2D eigenvalue weighted by atomic mass is 16.5. The van der Waals surface area contributed by atoms with Gasteiger partial charge in [-0.2, -0.15) is 0 Å². The molecule has 1 atom stereocenters. The average Bonchev–Trinajstić information content (AvgIpc) is 2.02. The van der Waals surface area contributed by atoms with Crippen molar-refractivity contribution in [2.45, 2.75) is 46.1 Å². The van der Waals surface area contributed by atoms with Gasteiger partial charge in [-0.3, -0.25) is 4.79 Å². The molecule has 0 aromatic rings. The highest BCUT2D eigenvalue weighted by molar-refractivity contribution is 5.66. The average molecular weight is 168 g/mol. The van der Waals surface area contributed by atoms with E-state index in [1.54, 1.807) is 0 Å². The molecule has 2 nitrogen and oxygen atoms in total. The molecule has 0 aliphatic rings. The summed E-state index contributed by atoms with van der Waals surface area (Å²) in [4.78, 5) is 10.6. The number of esters is 1. The zero-order valence-electron chi connectivity index (χ0n) is 8.02. The van der Waals surface area contributed by atoms with Crippen LogP contribution in [0.4, 0.5) is 0 Å². The zero-order chi connectivity index (χ0) is 9.40. The number of hydrogen-bond donors (Lipinski definition) is 0. The molecule has 0 spiro atoms. The molecule has 12 heavy (non-hydrogen) atoms. The normalized spacial score (nSPS) is 11.2. The fraction of sp³-hybridized carbons (Fsp3) is 0.700.